The summed E-state index contributed by atoms with van der Waals surface area (Å²) in [6.45, 7) is 0. The van der Waals surface area contributed by atoms with Crippen LogP contribution in [0, 0.1) is 0 Å². The first-order valence-corrected chi connectivity index (χ1v) is 7.75. The van der Waals surface area contributed by atoms with Crippen LogP contribution in [0.25, 0.3) is 0 Å². The van der Waals surface area contributed by atoms with Gasteiger partial charge in [0.1, 0.15) is 6.04 Å². The normalized spacial score (nSPS) is 13.5. The minimum atomic E-state index is -1.03. The van der Waals surface area contributed by atoms with E-state index in [0.717, 1.165) is 5.56 Å². The molecule has 0 unspecified atom stereocenters. The molecule has 6 heteroatoms. The maximum atomic E-state index is 11.9. The van der Waals surface area contributed by atoms with Gasteiger partial charge in [0.25, 0.3) is 0 Å². The lowest BCUT2D eigenvalue weighted by Gasteiger charge is -2.17. The number of amides is 1. The molecule has 0 saturated carbocycles. The van der Waals surface area contributed by atoms with Crippen molar-refractivity contribution in [3.8, 4) is 0 Å². The second kappa shape index (κ2) is 8.60. The largest absolute Gasteiger partial charge is 0.480 e. The van der Waals surface area contributed by atoms with E-state index < -0.39 is 24.0 Å². The molecule has 4 N–H and O–H groups in total. The number of rotatable bonds is 8. The fourth-order valence-electron chi connectivity index (χ4n) is 1.73. The average Bonchev–Trinajstić information content (AvgIpc) is 2.43. The Kier molecular flexibility index (Phi) is 7.11. The number of hydrogen-bond acceptors (Lipinski definition) is 4. The van der Waals surface area contributed by atoms with Gasteiger partial charge in [-0.2, -0.15) is 11.8 Å². The third kappa shape index (κ3) is 5.63. The number of nitrogens with two attached hydrogens (primary N) is 1. The van der Waals surface area contributed by atoms with Crippen molar-refractivity contribution in [3.63, 3.8) is 0 Å². The molecule has 0 aromatic heterocycles. The average molecular weight is 296 g/mol. The molecule has 0 radical (unpaired) electrons. The Labute approximate surface area is 122 Å². The van der Waals surface area contributed by atoms with Gasteiger partial charge in [-0.05, 0) is 30.4 Å². The maximum absolute atomic E-state index is 11.9. The van der Waals surface area contributed by atoms with Crippen molar-refractivity contribution >= 4 is 23.6 Å². The van der Waals surface area contributed by atoms with Crippen molar-refractivity contribution in [2.45, 2.75) is 24.9 Å². The molecular formula is C14H20N2O3S. The Balaban J connectivity index is 2.53. The van der Waals surface area contributed by atoms with E-state index in [0.29, 0.717) is 18.6 Å². The van der Waals surface area contributed by atoms with Crippen LogP contribution in [0.15, 0.2) is 30.3 Å². The van der Waals surface area contributed by atoms with Gasteiger partial charge in [-0.15, -0.1) is 0 Å². The minimum Gasteiger partial charge on any atom is -0.480 e. The van der Waals surface area contributed by atoms with E-state index in [-0.39, 0.29) is 0 Å². The summed E-state index contributed by atoms with van der Waals surface area (Å²) in [5, 5.41) is 11.5. The van der Waals surface area contributed by atoms with Crippen molar-refractivity contribution < 1.29 is 14.7 Å². The summed E-state index contributed by atoms with van der Waals surface area (Å²) < 4.78 is 0. The first kappa shape index (κ1) is 16.5. The molecule has 0 bridgehead atoms. The van der Waals surface area contributed by atoms with Crippen molar-refractivity contribution in [2.75, 3.05) is 12.0 Å². The first-order valence-electron chi connectivity index (χ1n) is 6.36. The molecule has 0 saturated heterocycles. The van der Waals surface area contributed by atoms with E-state index in [2.05, 4.69) is 5.32 Å². The summed E-state index contributed by atoms with van der Waals surface area (Å²) in [5.41, 5.74) is 6.77. The number of carbonyl (C=O) groups excluding carboxylic acids is 1. The van der Waals surface area contributed by atoms with Gasteiger partial charge in [0.2, 0.25) is 5.91 Å². The Morgan fingerprint density at radius 1 is 1.35 bits per heavy atom. The quantitative estimate of drug-likeness (QED) is 0.662. The van der Waals surface area contributed by atoms with E-state index in [1.165, 1.54) is 11.8 Å². The van der Waals surface area contributed by atoms with Gasteiger partial charge in [-0.1, -0.05) is 30.3 Å². The van der Waals surface area contributed by atoms with E-state index in [4.69, 9.17) is 10.8 Å². The molecule has 0 fully saturated rings. The monoisotopic (exact) mass is 296 g/mol. The SMILES string of the molecule is CSCC[C@@H](NC(=O)[C@@H](N)Cc1ccccc1)C(=O)O. The van der Waals surface area contributed by atoms with Gasteiger partial charge < -0.3 is 16.2 Å². The summed E-state index contributed by atoms with van der Waals surface area (Å²) >= 11 is 1.54. The molecule has 0 heterocycles. The number of thioether (sulfide) groups is 1. The zero-order valence-corrected chi connectivity index (χ0v) is 12.2. The second-order valence-corrected chi connectivity index (χ2v) is 5.46. The fourth-order valence-corrected chi connectivity index (χ4v) is 2.20. The molecule has 5 nitrogen and oxygen atoms in total. The summed E-state index contributed by atoms with van der Waals surface area (Å²) in [6.07, 6.45) is 2.67. The van der Waals surface area contributed by atoms with Gasteiger partial charge in [0.05, 0.1) is 6.04 Å². The lowest BCUT2D eigenvalue weighted by atomic mass is 10.1. The highest BCUT2D eigenvalue weighted by Crippen LogP contribution is 2.04. The molecule has 1 rings (SSSR count). The predicted molar refractivity (Wildman–Crippen MR) is 80.7 cm³/mol. The van der Waals surface area contributed by atoms with Gasteiger partial charge in [0.15, 0.2) is 0 Å². The van der Waals surface area contributed by atoms with Gasteiger partial charge in [0, 0.05) is 0 Å². The van der Waals surface area contributed by atoms with E-state index in [1.807, 2.05) is 36.6 Å². The highest BCUT2D eigenvalue weighted by molar-refractivity contribution is 7.98. The molecule has 0 aliphatic heterocycles. The van der Waals surface area contributed by atoms with E-state index in [9.17, 15) is 9.59 Å². The van der Waals surface area contributed by atoms with Crippen LogP contribution in [0.2, 0.25) is 0 Å². The van der Waals surface area contributed by atoms with E-state index in [1.54, 1.807) is 0 Å². The van der Waals surface area contributed by atoms with Crippen molar-refractivity contribution in [1.82, 2.24) is 5.32 Å². The van der Waals surface area contributed by atoms with Crippen molar-refractivity contribution in [1.29, 1.82) is 0 Å². The third-order valence-electron chi connectivity index (χ3n) is 2.86. The number of carbonyl (C=O) groups is 2. The minimum absolute atomic E-state index is 0.389. The molecule has 1 aromatic carbocycles. The molecular weight excluding hydrogens is 276 g/mol. The van der Waals surface area contributed by atoms with Gasteiger partial charge in [-0.3, -0.25) is 4.79 Å². The van der Waals surface area contributed by atoms with Crippen molar-refractivity contribution in [2.24, 2.45) is 5.73 Å². The van der Waals surface area contributed by atoms with Crippen LogP contribution in [0.5, 0.6) is 0 Å². The Morgan fingerprint density at radius 3 is 2.55 bits per heavy atom. The van der Waals surface area contributed by atoms with Crippen LogP contribution in [0.1, 0.15) is 12.0 Å². The van der Waals surface area contributed by atoms with Crippen LogP contribution in [0.4, 0.5) is 0 Å². The number of hydrogen-bond donors (Lipinski definition) is 3. The number of carboxylic acids is 1. The summed E-state index contributed by atoms with van der Waals surface area (Å²) in [7, 11) is 0. The highest BCUT2D eigenvalue weighted by atomic mass is 32.2. The molecule has 1 aromatic rings. The zero-order valence-electron chi connectivity index (χ0n) is 11.4. The lowest BCUT2D eigenvalue weighted by Crippen LogP contribution is -2.49. The molecule has 0 spiro atoms. The number of carboxylic acid groups (broad SMARTS) is 1. The highest BCUT2D eigenvalue weighted by Gasteiger charge is 2.22. The first-order chi connectivity index (χ1) is 9.54. The molecule has 0 aliphatic rings. The fraction of sp³-hybridized carbons (Fsp3) is 0.429. The predicted octanol–water partition coefficient (Wildman–Crippen LogP) is 0.879. The molecule has 1 amide bonds. The molecule has 2 atom stereocenters. The van der Waals surface area contributed by atoms with E-state index >= 15 is 0 Å². The molecule has 0 aliphatic carbocycles. The Morgan fingerprint density at radius 2 is 2.00 bits per heavy atom. The van der Waals surface area contributed by atoms with Gasteiger partial charge >= 0.3 is 5.97 Å². The third-order valence-corrected chi connectivity index (χ3v) is 3.50. The molecule has 20 heavy (non-hydrogen) atoms. The van der Waals surface area contributed by atoms with Crippen LogP contribution in [0.3, 0.4) is 0 Å². The number of benzene rings is 1. The topological polar surface area (TPSA) is 92.4 Å². The lowest BCUT2D eigenvalue weighted by molar-refractivity contribution is -0.142. The van der Waals surface area contributed by atoms with Crippen molar-refractivity contribution in [3.05, 3.63) is 35.9 Å². The van der Waals surface area contributed by atoms with Crippen LogP contribution < -0.4 is 11.1 Å². The van der Waals surface area contributed by atoms with Crippen LogP contribution in [-0.2, 0) is 16.0 Å². The number of nitrogens with one attached hydrogen (secondary N) is 1. The summed E-state index contributed by atoms with van der Waals surface area (Å²) in [4.78, 5) is 23.0. The second-order valence-electron chi connectivity index (χ2n) is 4.48. The molecule has 110 valence electrons. The van der Waals surface area contributed by atoms with Gasteiger partial charge in [-0.25, -0.2) is 4.79 Å². The van der Waals surface area contributed by atoms with Crippen LogP contribution in [-0.4, -0.2) is 41.1 Å². The summed E-state index contributed by atoms with van der Waals surface area (Å²) in [5.74, 6) is -0.785. The standard InChI is InChI=1S/C14H20N2O3S/c1-20-8-7-12(14(18)19)16-13(17)11(15)9-10-5-3-2-4-6-10/h2-6,11-12H,7-9,15H2,1H3,(H,16,17)(H,18,19)/t11-,12+/m0/s1. The Hall–Kier alpha value is -1.53. The maximum Gasteiger partial charge on any atom is 0.326 e. The Bertz CT molecular complexity index is 439. The van der Waals surface area contributed by atoms with Crippen LogP contribution >= 0.6 is 11.8 Å². The zero-order chi connectivity index (χ0) is 15.0. The summed E-state index contributed by atoms with van der Waals surface area (Å²) in [6, 6.07) is 7.78. The number of aliphatic carboxylic acids is 1. The smallest absolute Gasteiger partial charge is 0.326 e.